The van der Waals surface area contributed by atoms with Crippen LogP contribution in [-0.2, 0) is 16.4 Å². The average molecular weight is 279 g/mol. The van der Waals surface area contributed by atoms with Gasteiger partial charge in [-0.2, -0.15) is 0 Å². The van der Waals surface area contributed by atoms with Gasteiger partial charge in [0.2, 0.25) is 10.0 Å². The number of pyridine rings is 1. The van der Waals surface area contributed by atoms with Crippen molar-refractivity contribution in [3.8, 4) is 0 Å². The summed E-state index contributed by atoms with van der Waals surface area (Å²) in [5.41, 5.74) is 0.879. The van der Waals surface area contributed by atoms with Crippen LogP contribution >= 0.6 is 15.9 Å². The SMILES string of the molecule is O=S(=O)(CBr)NCCc1ccccn1. The Morgan fingerprint density at radius 3 is 2.79 bits per heavy atom. The van der Waals surface area contributed by atoms with Gasteiger partial charge in [-0.25, -0.2) is 13.1 Å². The first-order valence-electron chi connectivity index (χ1n) is 4.07. The molecule has 0 saturated heterocycles. The lowest BCUT2D eigenvalue weighted by atomic mass is 10.3. The quantitative estimate of drug-likeness (QED) is 0.814. The summed E-state index contributed by atoms with van der Waals surface area (Å²) in [4.78, 5) is 4.08. The van der Waals surface area contributed by atoms with Gasteiger partial charge in [-0.05, 0) is 12.1 Å². The summed E-state index contributed by atoms with van der Waals surface area (Å²) in [6.45, 7) is 0.380. The van der Waals surface area contributed by atoms with Crippen LogP contribution in [0.1, 0.15) is 5.69 Å². The Hall–Kier alpha value is -0.460. The average Bonchev–Trinajstić information content (AvgIpc) is 2.19. The van der Waals surface area contributed by atoms with E-state index in [0.29, 0.717) is 13.0 Å². The smallest absolute Gasteiger partial charge is 0.221 e. The molecule has 1 aromatic rings. The molecule has 0 atom stereocenters. The van der Waals surface area contributed by atoms with Gasteiger partial charge in [0, 0.05) is 24.9 Å². The molecule has 1 rings (SSSR count). The van der Waals surface area contributed by atoms with Crippen molar-refractivity contribution in [3.05, 3.63) is 30.1 Å². The van der Waals surface area contributed by atoms with Crippen molar-refractivity contribution in [2.24, 2.45) is 0 Å². The fourth-order valence-electron chi connectivity index (χ4n) is 0.919. The molecule has 14 heavy (non-hydrogen) atoms. The summed E-state index contributed by atoms with van der Waals surface area (Å²) in [5.74, 6) is 0. The number of rotatable bonds is 5. The second-order valence-electron chi connectivity index (χ2n) is 2.69. The molecular formula is C8H11BrN2O2S. The molecule has 0 spiro atoms. The molecule has 0 radical (unpaired) electrons. The standard InChI is InChI=1S/C8H11BrN2O2S/c9-7-14(12,13)11-6-4-8-3-1-2-5-10-8/h1-3,5,11H,4,6-7H2. The van der Waals surface area contributed by atoms with E-state index in [1.54, 1.807) is 6.20 Å². The Balaban J connectivity index is 2.37. The lowest BCUT2D eigenvalue weighted by Crippen LogP contribution is -2.26. The molecule has 0 aromatic carbocycles. The Bertz CT molecular complexity index is 366. The number of halogens is 1. The van der Waals surface area contributed by atoms with Crippen LogP contribution in [0.4, 0.5) is 0 Å². The highest BCUT2D eigenvalue weighted by atomic mass is 79.9. The topological polar surface area (TPSA) is 59.1 Å². The summed E-state index contributed by atoms with van der Waals surface area (Å²) in [6, 6.07) is 5.57. The third-order valence-electron chi connectivity index (χ3n) is 1.57. The fraction of sp³-hybridized carbons (Fsp3) is 0.375. The number of hydrogen-bond acceptors (Lipinski definition) is 3. The number of alkyl halides is 1. The molecule has 1 N–H and O–H groups in total. The third-order valence-corrected chi connectivity index (χ3v) is 4.31. The first-order chi connectivity index (χ1) is 6.64. The van der Waals surface area contributed by atoms with Gasteiger partial charge in [-0.3, -0.25) is 4.98 Å². The van der Waals surface area contributed by atoms with E-state index in [2.05, 4.69) is 25.6 Å². The highest BCUT2D eigenvalue weighted by Crippen LogP contribution is 1.95. The molecule has 0 aliphatic rings. The maximum atomic E-state index is 11.0. The molecular weight excluding hydrogens is 268 g/mol. The van der Waals surface area contributed by atoms with Crippen molar-refractivity contribution >= 4 is 26.0 Å². The van der Waals surface area contributed by atoms with Crippen LogP contribution in [0.25, 0.3) is 0 Å². The van der Waals surface area contributed by atoms with E-state index in [1.165, 1.54) is 0 Å². The van der Waals surface area contributed by atoms with Crippen molar-refractivity contribution in [1.82, 2.24) is 9.71 Å². The van der Waals surface area contributed by atoms with Crippen LogP contribution in [-0.4, -0.2) is 24.6 Å². The largest absolute Gasteiger partial charge is 0.261 e. The van der Waals surface area contributed by atoms with Crippen LogP contribution in [0.15, 0.2) is 24.4 Å². The molecule has 0 saturated carbocycles. The maximum absolute atomic E-state index is 11.0. The van der Waals surface area contributed by atoms with E-state index in [1.807, 2.05) is 18.2 Å². The van der Waals surface area contributed by atoms with E-state index in [0.717, 1.165) is 5.69 Å². The van der Waals surface area contributed by atoms with Gasteiger partial charge in [-0.1, -0.05) is 22.0 Å². The first-order valence-corrected chi connectivity index (χ1v) is 6.84. The van der Waals surface area contributed by atoms with Crippen LogP contribution in [0.5, 0.6) is 0 Å². The second-order valence-corrected chi connectivity index (χ2v) is 5.80. The monoisotopic (exact) mass is 278 g/mol. The summed E-state index contributed by atoms with van der Waals surface area (Å²) in [6.07, 6.45) is 2.29. The van der Waals surface area contributed by atoms with Gasteiger partial charge >= 0.3 is 0 Å². The van der Waals surface area contributed by atoms with Crippen LogP contribution in [0.2, 0.25) is 0 Å². The van der Waals surface area contributed by atoms with Crippen molar-refractivity contribution < 1.29 is 8.42 Å². The summed E-state index contributed by atoms with van der Waals surface area (Å²) in [5, 5.41) is 0. The van der Waals surface area contributed by atoms with E-state index < -0.39 is 10.0 Å². The number of nitrogens with one attached hydrogen (secondary N) is 1. The lowest BCUT2D eigenvalue weighted by molar-refractivity contribution is 0.586. The van der Waals surface area contributed by atoms with Gasteiger partial charge in [-0.15, -0.1) is 0 Å². The molecule has 4 nitrogen and oxygen atoms in total. The van der Waals surface area contributed by atoms with Gasteiger partial charge in [0.1, 0.15) is 4.66 Å². The van der Waals surface area contributed by atoms with Crippen molar-refractivity contribution in [3.63, 3.8) is 0 Å². The van der Waals surface area contributed by atoms with Crippen LogP contribution in [0, 0.1) is 0 Å². The molecule has 1 aromatic heterocycles. The normalized spacial score (nSPS) is 11.5. The molecule has 0 bridgehead atoms. The fourth-order valence-corrected chi connectivity index (χ4v) is 1.90. The van der Waals surface area contributed by atoms with Crippen LogP contribution in [0.3, 0.4) is 0 Å². The number of hydrogen-bond donors (Lipinski definition) is 1. The Morgan fingerprint density at radius 2 is 2.21 bits per heavy atom. The molecule has 0 amide bonds. The zero-order valence-electron chi connectivity index (χ0n) is 7.48. The zero-order valence-corrected chi connectivity index (χ0v) is 9.88. The van der Waals surface area contributed by atoms with Gasteiger partial charge in [0.05, 0.1) is 0 Å². The summed E-state index contributed by atoms with van der Waals surface area (Å²) < 4.78 is 24.4. The van der Waals surface area contributed by atoms with Crippen LogP contribution < -0.4 is 4.72 Å². The molecule has 0 unspecified atom stereocenters. The predicted molar refractivity (Wildman–Crippen MR) is 58.7 cm³/mol. The van der Waals surface area contributed by atoms with Gasteiger partial charge in [0.25, 0.3) is 0 Å². The summed E-state index contributed by atoms with van der Waals surface area (Å²) in [7, 11) is -3.15. The van der Waals surface area contributed by atoms with Gasteiger partial charge in [0.15, 0.2) is 0 Å². The van der Waals surface area contributed by atoms with E-state index in [9.17, 15) is 8.42 Å². The number of sulfonamides is 1. The first kappa shape index (κ1) is 11.6. The van der Waals surface area contributed by atoms with Crippen molar-refractivity contribution in [2.45, 2.75) is 6.42 Å². The molecule has 1 heterocycles. The van der Waals surface area contributed by atoms with E-state index in [4.69, 9.17) is 0 Å². The Morgan fingerprint density at radius 1 is 1.43 bits per heavy atom. The minimum atomic E-state index is -3.15. The second kappa shape index (κ2) is 5.43. The minimum Gasteiger partial charge on any atom is -0.261 e. The molecule has 6 heteroatoms. The predicted octanol–water partition coefficient (Wildman–Crippen LogP) is 0.896. The molecule has 0 fully saturated rings. The zero-order chi connectivity index (χ0) is 10.4. The molecule has 78 valence electrons. The Kier molecular flexibility index (Phi) is 4.50. The van der Waals surface area contributed by atoms with E-state index in [-0.39, 0.29) is 4.66 Å². The number of aromatic nitrogens is 1. The highest BCUT2D eigenvalue weighted by molar-refractivity contribution is 9.10. The molecule has 0 aliphatic heterocycles. The van der Waals surface area contributed by atoms with Gasteiger partial charge < -0.3 is 0 Å². The van der Waals surface area contributed by atoms with Crippen molar-refractivity contribution in [2.75, 3.05) is 11.2 Å². The number of nitrogens with zero attached hydrogens (tertiary/aromatic N) is 1. The minimum absolute atomic E-state index is 0.0672. The Labute approximate surface area is 91.9 Å². The maximum Gasteiger partial charge on any atom is 0.221 e. The lowest BCUT2D eigenvalue weighted by Gasteiger charge is -2.02. The third kappa shape index (κ3) is 4.17. The highest BCUT2D eigenvalue weighted by Gasteiger charge is 2.05. The summed E-state index contributed by atoms with van der Waals surface area (Å²) >= 11 is 2.89. The molecule has 0 aliphatic carbocycles. The van der Waals surface area contributed by atoms with E-state index >= 15 is 0 Å². The van der Waals surface area contributed by atoms with Crippen molar-refractivity contribution in [1.29, 1.82) is 0 Å².